The van der Waals surface area contributed by atoms with Crippen LogP contribution in [-0.2, 0) is 0 Å². The molecule has 0 spiro atoms. The van der Waals surface area contributed by atoms with Crippen LogP contribution in [0, 0.1) is 5.92 Å². The summed E-state index contributed by atoms with van der Waals surface area (Å²) in [6, 6.07) is 6.09. The molecule has 3 rings (SSSR count). The summed E-state index contributed by atoms with van der Waals surface area (Å²) in [6.07, 6.45) is 5.80. The molecule has 1 aromatic heterocycles. The Hall–Kier alpha value is -0.670. The zero-order chi connectivity index (χ0) is 12.5. The van der Waals surface area contributed by atoms with Crippen molar-refractivity contribution in [2.24, 2.45) is 5.92 Å². The Labute approximate surface area is 119 Å². The number of Topliss-reactive ketones (excluding diaryl/α,β-unsaturated/α-hetero) is 1. The number of carbonyl (C=O) groups excluding carboxylic acids is 1. The van der Waals surface area contributed by atoms with Gasteiger partial charge in [0.1, 0.15) is 0 Å². The number of benzene rings is 1. The lowest BCUT2D eigenvalue weighted by atomic mass is 9.97. The Morgan fingerprint density at radius 3 is 2.89 bits per heavy atom. The number of halogens is 1. The Balaban J connectivity index is 1.89. The lowest BCUT2D eigenvalue weighted by Crippen LogP contribution is -2.05. The van der Waals surface area contributed by atoms with Gasteiger partial charge in [0, 0.05) is 31.9 Å². The molecule has 0 saturated heterocycles. The van der Waals surface area contributed by atoms with E-state index in [1.165, 1.54) is 30.4 Å². The Morgan fingerprint density at radius 2 is 2.11 bits per heavy atom. The van der Waals surface area contributed by atoms with E-state index >= 15 is 0 Å². The zero-order valence-corrected chi connectivity index (χ0v) is 12.5. The normalized spacial score (nSPS) is 16.5. The molecule has 0 atom stereocenters. The standard InChI is InChI=1S/C15H15BrOS/c16-13-7-3-6-11-12(9-18-15(11)13)14(17)8-10-4-1-2-5-10/h3,6-7,9-10H,1-2,4-5,8H2. The van der Waals surface area contributed by atoms with Crippen LogP contribution >= 0.6 is 27.3 Å². The van der Waals surface area contributed by atoms with E-state index in [0.29, 0.717) is 11.7 Å². The molecular formula is C15H15BrOS. The fourth-order valence-electron chi connectivity index (χ4n) is 2.82. The molecule has 0 aliphatic heterocycles. The summed E-state index contributed by atoms with van der Waals surface area (Å²) < 4.78 is 2.28. The van der Waals surface area contributed by atoms with Crippen molar-refractivity contribution in [1.82, 2.24) is 0 Å². The van der Waals surface area contributed by atoms with Gasteiger partial charge < -0.3 is 0 Å². The van der Waals surface area contributed by atoms with E-state index in [0.717, 1.165) is 21.8 Å². The van der Waals surface area contributed by atoms with Crippen molar-refractivity contribution in [3.05, 3.63) is 33.6 Å². The molecule has 94 valence electrons. The van der Waals surface area contributed by atoms with Crippen LogP contribution in [0.15, 0.2) is 28.1 Å². The van der Waals surface area contributed by atoms with Gasteiger partial charge in [-0.15, -0.1) is 11.3 Å². The van der Waals surface area contributed by atoms with Gasteiger partial charge in [-0.05, 0) is 27.9 Å². The summed E-state index contributed by atoms with van der Waals surface area (Å²) in [5.74, 6) is 0.950. The molecule has 1 saturated carbocycles. The quantitative estimate of drug-likeness (QED) is 0.689. The average molecular weight is 323 g/mol. The van der Waals surface area contributed by atoms with Gasteiger partial charge in [-0.3, -0.25) is 4.79 Å². The first-order valence-corrected chi connectivity index (χ1v) is 8.12. The van der Waals surface area contributed by atoms with Crippen LogP contribution in [0.25, 0.3) is 10.1 Å². The smallest absolute Gasteiger partial charge is 0.164 e. The van der Waals surface area contributed by atoms with Gasteiger partial charge in [0.15, 0.2) is 5.78 Å². The number of rotatable bonds is 3. The summed E-state index contributed by atoms with van der Waals surface area (Å²) in [7, 11) is 0. The number of thiophene rings is 1. The molecule has 1 fully saturated rings. The molecular weight excluding hydrogens is 308 g/mol. The molecule has 18 heavy (non-hydrogen) atoms. The molecule has 0 unspecified atom stereocenters. The maximum absolute atomic E-state index is 12.4. The minimum atomic E-state index is 0.325. The van der Waals surface area contributed by atoms with E-state index in [9.17, 15) is 4.79 Å². The minimum Gasteiger partial charge on any atom is -0.294 e. The third-order valence-corrected chi connectivity index (χ3v) is 5.75. The van der Waals surface area contributed by atoms with Gasteiger partial charge in [0.25, 0.3) is 0 Å². The third kappa shape index (κ3) is 2.26. The van der Waals surface area contributed by atoms with Crippen LogP contribution in [0.2, 0.25) is 0 Å². The van der Waals surface area contributed by atoms with E-state index in [1.807, 2.05) is 17.5 Å². The maximum atomic E-state index is 12.4. The summed E-state index contributed by atoms with van der Waals surface area (Å²) in [5, 5.41) is 3.13. The van der Waals surface area contributed by atoms with Crippen molar-refractivity contribution in [3.8, 4) is 0 Å². The summed E-state index contributed by atoms with van der Waals surface area (Å²) in [6.45, 7) is 0. The summed E-state index contributed by atoms with van der Waals surface area (Å²) >= 11 is 5.21. The predicted octanol–water partition coefficient (Wildman–Crippen LogP) is 5.43. The molecule has 1 heterocycles. The van der Waals surface area contributed by atoms with Crippen molar-refractivity contribution >= 4 is 43.1 Å². The third-order valence-electron chi connectivity index (χ3n) is 3.80. The van der Waals surface area contributed by atoms with Gasteiger partial charge in [0.2, 0.25) is 0 Å². The predicted molar refractivity (Wildman–Crippen MR) is 80.4 cm³/mol. The topological polar surface area (TPSA) is 17.1 Å². The van der Waals surface area contributed by atoms with E-state index in [-0.39, 0.29) is 0 Å². The highest BCUT2D eigenvalue weighted by Gasteiger charge is 2.21. The summed E-state index contributed by atoms with van der Waals surface area (Å²) in [5.41, 5.74) is 0.920. The first kappa shape index (κ1) is 12.4. The lowest BCUT2D eigenvalue weighted by molar-refractivity contribution is 0.0964. The zero-order valence-electron chi connectivity index (χ0n) is 10.1. The van der Waals surface area contributed by atoms with E-state index in [1.54, 1.807) is 11.3 Å². The first-order chi connectivity index (χ1) is 8.75. The van der Waals surface area contributed by atoms with Gasteiger partial charge in [-0.25, -0.2) is 0 Å². The minimum absolute atomic E-state index is 0.325. The SMILES string of the molecule is O=C(CC1CCCC1)c1csc2c(Br)cccc12. The highest BCUT2D eigenvalue weighted by atomic mass is 79.9. The van der Waals surface area contributed by atoms with E-state index in [2.05, 4.69) is 22.0 Å². The molecule has 1 aliphatic rings. The Morgan fingerprint density at radius 1 is 1.33 bits per heavy atom. The molecule has 3 heteroatoms. The molecule has 0 amide bonds. The van der Waals surface area contributed by atoms with Crippen LogP contribution in [0.4, 0.5) is 0 Å². The summed E-state index contributed by atoms with van der Waals surface area (Å²) in [4.78, 5) is 12.4. The highest BCUT2D eigenvalue weighted by molar-refractivity contribution is 9.10. The molecule has 1 nitrogen and oxygen atoms in total. The van der Waals surface area contributed by atoms with Crippen molar-refractivity contribution in [2.45, 2.75) is 32.1 Å². The number of carbonyl (C=O) groups is 1. The van der Waals surface area contributed by atoms with Gasteiger partial charge >= 0.3 is 0 Å². The monoisotopic (exact) mass is 322 g/mol. The second kappa shape index (κ2) is 5.14. The van der Waals surface area contributed by atoms with Crippen LogP contribution < -0.4 is 0 Å². The fourth-order valence-corrected chi connectivity index (χ4v) is 4.45. The molecule has 1 aromatic carbocycles. The maximum Gasteiger partial charge on any atom is 0.164 e. The van der Waals surface area contributed by atoms with Crippen LogP contribution in [0.1, 0.15) is 42.5 Å². The van der Waals surface area contributed by atoms with E-state index in [4.69, 9.17) is 0 Å². The van der Waals surface area contributed by atoms with Crippen molar-refractivity contribution in [3.63, 3.8) is 0 Å². The lowest BCUT2D eigenvalue weighted by Gasteiger charge is -2.06. The van der Waals surface area contributed by atoms with Gasteiger partial charge in [-0.1, -0.05) is 37.8 Å². The first-order valence-electron chi connectivity index (χ1n) is 6.44. The van der Waals surface area contributed by atoms with Crippen LogP contribution in [-0.4, -0.2) is 5.78 Å². The largest absolute Gasteiger partial charge is 0.294 e. The Bertz CT molecular complexity index is 581. The van der Waals surface area contributed by atoms with Crippen molar-refractivity contribution in [1.29, 1.82) is 0 Å². The Kier molecular flexibility index (Phi) is 3.53. The second-order valence-electron chi connectivity index (χ2n) is 5.04. The number of hydrogen-bond donors (Lipinski definition) is 0. The molecule has 0 radical (unpaired) electrons. The van der Waals surface area contributed by atoms with Crippen LogP contribution in [0.5, 0.6) is 0 Å². The van der Waals surface area contributed by atoms with E-state index < -0.39 is 0 Å². The van der Waals surface area contributed by atoms with Crippen LogP contribution in [0.3, 0.4) is 0 Å². The van der Waals surface area contributed by atoms with Crippen molar-refractivity contribution < 1.29 is 4.79 Å². The fraction of sp³-hybridized carbons (Fsp3) is 0.400. The average Bonchev–Trinajstić information content (AvgIpc) is 2.98. The number of ketones is 1. The second-order valence-corrected chi connectivity index (χ2v) is 6.78. The number of fused-ring (bicyclic) bond motifs is 1. The number of hydrogen-bond acceptors (Lipinski definition) is 2. The molecule has 2 aromatic rings. The molecule has 0 bridgehead atoms. The van der Waals surface area contributed by atoms with Gasteiger partial charge in [0.05, 0.1) is 0 Å². The van der Waals surface area contributed by atoms with Gasteiger partial charge in [-0.2, -0.15) is 0 Å². The molecule has 0 N–H and O–H groups in total. The van der Waals surface area contributed by atoms with Crippen molar-refractivity contribution in [2.75, 3.05) is 0 Å². The molecule has 1 aliphatic carbocycles. The highest BCUT2D eigenvalue weighted by Crippen LogP contribution is 2.35.